The summed E-state index contributed by atoms with van der Waals surface area (Å²) in [7, 11) is 0. The molecule has 0 atom stereocenters. The zero-order valence-electron chi connectivity index (χ0n) is 7.01. The van der Waals surface area contributed by atoms with E-state index in [4.69, 9.17) is 4.74 Å². The highest BCUT2D eigenvalue weighted by molar-refractivity contribution is 4.70. The minimum atomic E-state index is 0.496. The second-order valence-corrected chi connectivity index (χ2v) is 2.90. The molecule has 1 saturated heterocycles. The highest BCUT2D eigenvalue weighted by Gasteiger charge is 2.11. The molecular weight excluding hydrogens is 138 g/mol. The average molecular weight is 155 g/mol. The number of nitrogens with one attached hydrogen (secondary N) is 1. The van der Waals surface area contributed by atoms with Gasteiger partial charge < -0.3 is 10.1 Å². The van der Waals surface area contributed by atoms with Crippen molar-refractivity contribution >= 4 is 0 Å². The van der Waals surface area contributed by atoms with Crippen LogP contribution in [0.5, 0.6) is 0 Å². The Morgan fingerprint density at radius 1 is 1.45 bits per heavy atom. The van der Waals surface area contributed by atoms with Gasteiger partial charge in [0.25, 0.3) is 0 Å². The van der Waals surface area contributed by atoms with E-state index < -0.39 is 0 Å². The maximum Gasteiger partial charge on any atom is 0.0599 e. The molecule has 1 aliphatic heterocycles. The van der Waals surface area contributed by atoms with Crippen LogP contribution < -0.4 is 5.32 Å². The van der Waals surface area contributed by atoms with Crippen LogP contribution in [0.1, 0.15) is 19.3 Å². The summed E-state index contributed by atoms with van der Waals surface area (Å²) in [5.41, 5.74) is 0. The van der Waals surface area contributed by atoms with Gasteiger partial charge in [0, 0.05) is 0 Å². The Morgan fingerprint density at radius 2 is 2.18 bits per heavy atom. The number of piperidine rings is 1. The first-order valence-corrected chi connectivity index (χ1v) is 4.36. The lowest BCUT2D eigenvalue weighted by Crippen LogP contribution is -2.32. The van der Waals surface area contributed by atoms with Crippen molar-refractivity contribution in [3.63, 3.8) is 0 Å². The highest BCUT2D eigenvalue weighted by Crippen LogP contribution is 2.07. The fraction of sp³-hybridized carbons (Fsp3) is 0.778. The van der Waals surface area contributed by atoms with Crippen LogP contribution in [0.4, 0.5) is 0 Å². The lowest BCUT2D eigenvalue weighted by atomic mass is 10.1. The Labute approximate surface area is 68.6 Å². The molecule has 0 radical (unpaired) electrons. The Balaban J connectivity index is 2.00. The van der Waals surface area contributed by atoms with Gasteiger partial charge in [-0.25, -0.2) is 0 Å². The second kappa shape index (κ2) is 5.33. The van der Waals surface area contributed by atoms with Crippen LogP contribution in [0.2, 0.25) is 0 Å². The molecule has 1 rings (SSSR count). The van der Waals surface area contributed by atoms with Gasteiger partial charge in [0.05, 0.1) is 12.7 Å². The zero-order chi connectivity index (χ0) is 7.94. The van der Waals surface area contributed by atoms with Crippen molar-refractivity contribution in [1.82, 2.24) is 5.32 Å². The number of rotatable bonds is 4. The molecule has 0 amide bonds. The van der Waals surface area contributed by atoms with E-state index in [1.54, 1.807) is 0 Å². The average Bonchev–Trinajstić information content (AvgIpc) is 2.07. The topological polar surface area (TPSA) is 21.3 Å². The predicted octanol–water partition coefficient (Wildman–Crippen LogP) is 1.33. The lowest BCUT2D eigenvalue weighted by Gasteiger charge is -2.22. The first-order valence-electron chi connectivity index (χ1n) is 4.36. The van der Waals surface area contributed by atoms with Crippen LogP contribution in [0.25, 0.3) is 0 Å². The SMILES string of the molecule is C=CCCOC1CCNCC1. The van der Waals surface area contributed by atoms with Crippen molar-refractivity contribution in [3.05, 3.63) is 12.7 Å². The number of hydrogen-bond acceptors (Lipinski definition) is 2. The quantitative estimate of drug-likeness (QED) is 0.488. The van der Waals surface area contributed by atoms with Gasteiger partial charge in [0.2, 0.25) is 0 Å². The normalized spacial score (nSPS) is 20.0. The van der Waals surface area contributed by atoms with Crippen molar-refractivity contribution in [1.29, 1.82) is 0 Å². The van der Waals surface area contributed by atoms with E-state index in [1.165, 1.54) is 0 Å². The van der Waals surface area contributed by atoms with Crippen LogP contribution in [0, 0.1) is 0 Å². The molecule has 1 fully saturated rings. The third kappa shape index (κ3) is 3.54. The van der Waals surface area contributed by atoms with Crippen LogP contribution in [0.15, 0.2) is 12.7 Å². The van der Waals surface area contributed by atoms with Crippen molar-refractivity contribution in [3.8, 4) is 0 Å². The Hall–Kier alpha value is -0.340. The fourth-order valence-electron chi connectivity index (χ4n) is 1.28. The summed E-state index contributed by atoms with van der Waals surface area (Å²) in [6.07, 6.45) is 5.70. The van der Waals surface area contributed by atoms with Crippen LogP contribution >= 0.6 is 0 Å². The van der Waals surface area contributed by atoms with Crippen molar-refractivity contribution in [2.75, 3.05) is 19.7 Å². The highest BCUT2D eigenvalue weighted by atomic mass is 16.5. The Bertz CT molecular complexity index is 108. The van der Waals surface area contributed by atoms with Crippen LogP contribution in [-0.2, 0) is 4.74 Å². The van der Waals surface area contributed by atoms with Gasteiger partial charge in [0.15, 0.2) is 0 Å². The van der Waals surface area contributed by atoms with E-state index in [0.29, 0.717) is 6.10 Å². The lowest BCUT2D eigenvalue weighted by molar-refractivity contribution is 0.0359. The fourth-order valence-corrected chi connectivity index (χ4v) is 1.28. The van der Waals surface area contributed by atoms with Crippen molar-refractivity contribution in [2.45, 2.75) is 25.4 Å². The van der Waals surface area contributed by atoms with E-state index in [2.05, 4.69) is 11.9 Å². The minimum Gasteiger partial charge on any atom is -0.378 e. The summed E-state index contributed by atoms with van der Waals surface area (Å²) in [5.74, 6) is 0. The predicted molar refractivity (Wildman–Crippen MR) is 46.7 cm³/mol. The first-order chi connectivity index (χ1) is 5.43. The molecule has 0 aromatic heterocycles. The molecule has 0 bridgehead atoms. The van der Waals surface area contributed by atoms with Gasteiger partial charge >= 0.3 is 0 Å². The van der Waals surface area contributed by atoms with E-state index in [9.17, 15) is 0 Å². The molecular formula is C9H17NO. The third-order valence-corrected chi connectivity index (χ3v) is 1.96. The van der Waals surface area contributed by atoms with Gasteiger partial charge in [-0.3, -0.25) is 0 Å². The Morgan fingerprint density at radius 3 is 2.82 bits per heavy atom. The molecule has 1 aliphatic rings. The summed E-state index contributed by atoms with van der Waals surface area (Å²) in [6.45, 7) is 6.71. The second-order valence-electron chi connectivity index (χ2n) is 2.90. The standard InChI is InChI=1S/C9H17NO/c1-2-3-8-11-9-4-6-10-7-5-9/h2,9-10H,1,3-8H2. The maximum absolute atomic E-state index is 5.61. The van der Waals surface area contributed by atoms with E-state index in [1.807, 2.05) is 6.08 Å². The van der Waals surface area contributed by atoms with Gasteiger partial charge in [-0.1, -0.05) is 6.08 Å². The molecule has 2 heteroatoms. The molecule has 2 nitrogen and oxygen atoms in total. The monoisotopic (exact) mass is 155 g/mol. The van der Waals surface area contributed by atoms with Crippen molar-refractivity contribution in [2.24, 2.45) is 0 Å². The molecule has 0 unspecified atom stereocenters. The molecule has 0 aromatic rings. The smallest absolute Gasteiger partial charge is 0.0599 e. The summed E-state index contributed by atoms with van der Waals surface area (Å²) in [4.78, 5) is 0. The first kappa shape index (κ1) is 8.75. The van der Waals surface area contributed by atoms with E-state index in [0.717, 1.165) is 39.0 Å². The Kier molecular flexibility index (Phi) is 4.24. The molecule has 0 aliphatic carbocycles. The van der Waals surface area contributed by atoms with Crippen LogP contribution in [-0.4, -0.2) is 25.8 Å². The molecule has 64 valence electrons. The molecule has 0 spiro atoms. The number of ether oxygens (including phenoxy) is 1. The van der Waals surface area contributed by atoms with Gasteiger partial charge in [-0.2, -0.15) is 0 Å². The molecule has 1 heterocycles. The largest absolute Gasteiger partial charge is 0.378 e. The third-order valence-electron chi connectivity index (χ3n) is 1.96. The summed E-state index contributed by atoms with van der Waals surface area (Å²) < 4.78 is 5.61. The number of hydrogen-bond donors (Lipinski definition) is 1. The van der Waals surface area contributed by atoms with Crippen LogP contribution in [0.3, 0.4) is 0 Å². The summed E-state index contributed by atoms with van der Waals surface area (Å²) >= 11 is 0. The van der Waals surface area contributed by atoms with Crippen molar-refractivity contribution < 1.29 is 4.74 Å². The van der Waals surface area contributed by atoms with E-state index >= 15 is 0 Å². The molecule has 0 aromatic carbocycles. The maximum atomic E-state index is 5.61. The summed E-state index contributed by atoms with van der Waals surface area (Å²) in [5, 5.41) is 3.30. The molecule has 0 saturated carbocycles. The van der Waals surface area contributed by atoms with Gasteiger partial charge in [0.1, 0.15) is 0 Å². The van der Waals surface area contributed by atoms with Gasteiger partial charge in [-0.15, -0.1) is 6.58 Å². The zero-order valence-corrected chi connectivity index (χ0v) is 7.01. The summed E-state index contributed by atoms with van der Waals surface area (Å²) in [6, 6.07) is 0. The molecule has 11 heavy (non-hydrogen) atoms. The molecule has 1 N–H and O–H groups in total. The minimum absolute atomic E-state index is 0.496. The van der Waals surface area contributed by atoms with E-state index in [-0.39, 0.29) is 0 Å². The van der Waals surface area contributed by atoms with Gasteiger partial charge in [-0.05, 0) is 32.4 Å².